The van der Waals surface area contributed by atoms with Gasteiger partial charge in [0.15, 0.2) is 0 Å². The lowest BCUT2D eigenvalue weighted by Gasteiger charge is -2.39. The van der Waals surface area contributed by atoms with Gasteiger partial charge >= 0.3 is 0 Å². The van der Waals surface area contributed by atoms with E-state index >= 15 is 0 Å². The van der Waals surface area contributed by atoms with Gasteiger partial charge in [0, 0.05) is 16.7 Å². The fourth-order valence-corrected chi connectivity index (χ4v) is 2.34. The number of carbonyl (C=O) groups excluding carboxylic acids is 1. The zero-order chi connectivity index (χ0) is 13.9. The van der Waals surface area contributed by atoms with Gasteiger partial charge < -0.3 is 11.1 Å². The topological polar surface area (TPSA) is 55.1 Å². The molecule has 0 aromatic heterocycles. The van der Waals surface area contributed by atoms with Crippen LogP contribution in [-0.4, -0.2) is 18.0 Å². The highest BCUT2D eigenvalue weighted by Gasteiger charge is 2.33. The van der Waals surface area contributed by atoms with E-state index in [0.717, 1.165) is 24.0 Å². The molecule has 1 aromatic rings. The van der Waals surface area contributed by atoms with Crippen molar-refractivity contribution < 1.29 is 4.79 Å². The number of amides is 1. The molecule has 1 aliphatic carbocycles. The van der Waals surface area contributed by atoms with Gasteiger partial charge in [0.25, 0.3) is 5.91 Å². The van der Waals surface area contributed by atoms with Gasteiger partial charge in [0.05, 0.1) is 6.54 Å². The Morgan fingerprint density at radius 2 is 2.21 bits per heavy atom. The molecule has 1 fully saturated rings. The number of carbonyl (C=O) groups is 1. The number of hydrogen-bond donors (Lipinski definition) is 2. The van der Waals surface area contributed by atoms with Gasteiger partial charge in [-0.05, 0) is 50.8 Å². The van der Waals surface area contributed by atoms with Crippen molar-refractivity contribution in [1.82, 2.24) is 5.32 Å². The van der Waals surface area contributed by atoms with Crippen molar-refractivity contribution in [3.63, 3.8) is 0 Å². The maximum absolute atomic E-state index is 12.3. The lowest BCUT2D eigenvalue weighted by Crippen LogP contribution is -2.51. The largest absolute Gasteiger partial charge is 0.347 e. The lowest BCUT2D eigenvalue weighted by atomic mass is 9.78. The van der Waals surface area contributed by atoms with E-state index in [0.29, 0.717) is 12.1 Å². The predicted octanol–water partition coefficient (Wildman–Crippen LogP) is 1.98. The number of nitrogens with two attached hydrogens (primary N) is 1. The molecule has 0 aliphatic heterocycles. The third-order valence-corrected chi connectivity index (χ3v) is 3.78. The molecule has 0 spiro atoms. The zero-order valence-electron chi connectivity index (χ0n) is 11.5. The molecule has 2 rings (SSSR count). The summed E-state index contributed by atoms with van der Waals surface area (Å²) in [6.45, 7) is 4.36. The van der Waals surface area contributed by atoms with Crippen LogP contribution in [-0.2, 0) is 0 Å². The summed E-state index contributed by atoms with van der Waals surface area (Å²) in [5, 5.41) is 3.12. The summed E-state index contributed by atoms with van der Waals surface area (Å²) < 4.78 is 0. The normalized spacial score (nSPS) is 15.9. The summed E-state index contributed by atoms with van der Waals surface area (Å²) in [5.74, 6) is 5.83. The highest BCUT2D eigenvalue weighted by molar-refractivity contribution is 5.96. The van der Waals surface area contributed by atoms with E-state index in [2.05, 4.69) is 24.1 Å². The van der Waals surface area contributed by atoms with Gasteiger partial charge in [-0.2, -0.15) is 0 Å². The third-order valence-electron chi connectivity index (χ3n) is 3.78. The standard InChI is InChI=1S/C16H20N2O/c1-12-13(7-4-11-17)6-3-8-14(12)15(19)18-16(2)9-5-10-16/h3,6,8H,5,9-11,17H2,1-2H3,(H,18,19). The van der Waals surface area contributed by atoms with E-state index in [-0.39, 0.29) is 11.4 Å². The van der Waals surface area contributed by atoms with Gasteiger partial charge in [-0.15, -0.1) is 0 Å². The molecule has 3 N–H and O–H groups in total. The first-order valence-corrected chi connectivity index (χ1v) is 6.67. The number of rotatable bonds is 2. The van der Waals surface area contributed by atoms with Crippen LogP contribution in [0.2, 0.25) is 0 Å². The second kappa shape index (κ2) is 5.46. The van der Waals surface area contributed by atoms with Crippen LogP contribution in [0.25, 0.3) is 0 Å². The summed E-state index contributed by atoms with van der Waals surface area (Å²) in [5.41, 5.74) is 7.85. The summed E-state index contributed by atoms with van der Waals surface area (Å²) in [7, 11) is 0. The first-order chi connectivity index (χ1) is 9.06. The molecular weight excluding hydrogens is 236 g/mol. The first kappa shape index (κ1) is 13.6. The van der Waals surface area contributed by atoms with E-state index in [1.165, 1.54) is 6.42 Å². The second-order valence-corrected chi connectivity index (χ2v) is 5.35. The molecule has 1 saturated carbocycles. The van der Waals surface area contributed by atoms with E-state index in [9.17, 15) is 4.79 Å². The van der Waals surface area contributed by atoms with Crippen LogP contribution in [0.3, 0.4) is 0 Å². The molecule has 0 radical (unpaired) electrons. The Hall–Kier alpha value is -1.79. The molecule has 3 nitrogen and oxygen atoms in total. The Bertz CT molecular complexity index is 548. The van der Waals surface area contributed by atoms with E-state index in [1.54, 1.807) is 0 Å². The van der Waals surface area contributed by atoms with Crippen molar-refractivity contribution in [2.75, 3.05) is 6.54 Å². The molecule has 0 bridgehead atoms. The summed E-state index contributed by atoms with van der Waals surface area (Å²) in [4.78, 5) is 12.3. The molecule has 100 valence electrons. The fraction of sp³-hybridized carbons (Fsp3) is 0.438. The van der Waals surface area contributed by atoms with Crippen molar-refractivity contribution in [3.05, 3.63) is 34.9 Å². The minimum absolute atomic E-state index is 0.00361. The molecule has 1 amide bonds. The molecule has 1 aliphatic rings. The molecule has 19 heavy (non-hydrogen) atoms. The molecular formula is C16H20N2O. The Balaban J connectivity index is 2.22. The van der Waals surface area contributed by atoms with Crippen molar-refractivity contribution in [3.8, 4) is 11.8 Å². The highest BCUT2D eigenvalue weighted by atomic mass is 16.1. The van der Waals surface area contributed by atoms with E-state index < -0.39 is 0 Å². The SMILES string of the molecule is Cc1c(C#CCN)cccc1C(=O)NC1(C)CCC1. The molecule has 1 aromatic carbocycles. The first-order valence-electron chi connectivity index (χ1n) is 6.67. The number of nitrogens with one attached hydrogen (secondary N) is 1. The Kier molecular flexibility index (Phi) is 3.92. The Labute approximate surface area is 114 Å². The summed E-state index contributed by atoms with van der Waals surface area (Å²) >= 11 is 0. The van der Waals surface area contributed by atoms with Gasteiger partial charge in [-0.1, -0.05) is 17.9 Å². The van der Waals surface area contributed by atoms with Crippen LogP contribution in [0, 0.1) is 18.8 Å². The summed E-state index contributed by atoms with van der Waals surface area (Å²) in [6, 6.07) is 5.63. The molecule has 3 heteroatoms. The average molecular weight is 256 g/mol. The smallest absolute Gasteiger partial charge is 0.252 e. The lowest BCUT2D eigenvalue weighted by molar-refractivity contribution is 0.0850. The monoisotopic (exact) mass is 256 g/mol. The van der Waals surface area contributed by atoms with E-state index in [1.807, 2.05) is 25.1 Å². The number of hydrogen-bond acceptors (Lipinski definition) is 2. The Morgan fingerprint density at radius 1 is 1.47 bits per heavy atom. The van der Waals surface area contributed by atoms with Crippen LogP contribution in [0.4, 0.5) is 0 Å². The van der Waals surface area contributed by atoms with Crippen LogP contribution in [0.5, 0.6) is 0 Å². The van der Waals surface area contributed by atoms with Crippen LogP contribution in [0.1, 0.15) is 47.7 Å². The van der Waals surface area contributed by atoms with Gasteiger partial charge in [-0.25, -0.2) is 0 Å². The van der Waals surface area contributed by atoms with Crippen LogP contribution < -0.4 is 11.1 Å². The maximum Gasteiger partial charge on any atom is 0.252 e. The highest BCUT2D eigenvalue weighted by Crippen LogP contribution is 2.31. The van der Waals surface area contributed by atoms with Crippen molar-refractivity contribution in [1.29, 1.82) is 0 Å². The van der Waals surface area contributed by atoms with Gasteiger partial charge in [-0.3, -0.25) is 4.79 Å². The molecule has 0 atom stereocenters. The maximum atomic E-state index is 12.3. The van der Waals surface area contributed by atoms with Crippen LogP contribution >= 0.6 is 0 Å². The number of benzene rings is 1. The molecule has 0 heterocycles. The minimum Gasteiger partial charge on any atom is -0.347 e. The quantitative estimate of drug-likeness (QED) is 0.795. The van der Waals surface area contributed by atoms with Crippen molar-refractivity contribution >= 4 is 5.91 Å². The minimum atomic E-state index is -0.0253. The Morgan fingerprint density at radius 3 is 2.79 bits per heavy atom. The van der Waals surface area contributed by atoms with Gasteiger partial charge in [0.2, 0.25) is 0 Å². The second-order valence-electron chi connectivity index (χ2n) is 5.35. The predicted molar refractivity (Wildman–Crippen MR) is 76.8 cm³/mol. The van der Waals surface area contributed by atoms with Crippen LogP contribution in [0.15, 0.2) is 18.2 Å². The van der Waals surface area contributed by atoms with Crippen molar-refractivity contribution in [2.45, 2.75) is 38.6 Å². The fourth-order valence-electron chi connectivity index (χ4n) is 2.34. The molecule has 0 saturated heterocycles. The van der Waals surface area contributed by atoms with Crippen molar-refractivity contribution in [2.24, 2.45) is 5.73 Å². The third kappa shape index (κ3) is 2.97. The molecule has 0 unspecified atom stereocenters. The van der Waals surface area contributed by atoms with E-state index in [4.69, 9.17) is 5.73 Å². The zero-order valence-corrected chi connectivity index (χ0v) is 11.5. The summed E-state index contributed by atoms with van der Waals surface area (Å²) in [6.07, 6.45) is 3.31. The van der Waals surface area contributed by atoms with Gasteiger partial charge in [0.1, 0.15) is 0 Å². The average Bonchev–Trinajstić information content (AvgIpc) is 2.35.